The fraction of sp³-hybridized carbons (Fsp3) is 0. The van der Waals surface area contributed by atoms with Crippen LogP contribution < -0.4 is 5.32 Å². The van der Waals surface area contributed by atoms with Gasteiger partial charge >= 0.3 is 0 Å². The molecule has 1 amide bonds. The molecule has 2 heterocycles. The van der Waals surface area contributed by atoms with E-state index in [0.29, 0.717) is 21.4 Å². The van der Waals surface area contributed by atoms with Gasteiger partial charge in [-0.05, 0) is 47.2 Å². The Bertz CT molecular complexity index is 1060. The number of benzene rings is 2. The zero-order valence-corrected chi connectivity index (χ0v) is 13.7. The fourth-order valence-electron chi connectivity index (χ4n) is 2.50. The van der Waals surface area contributed by atoms with Crippen LogP contribution in [0.2, 0.25) is 0 Å². The summed E-state index contributed by atoms with van der Waals surface area (Å²) >= 11 is 1.26. The lowest BCUT2D eigenvalue weighted by Gasteiger charge is -2.06. The van der Waals surface area contributed by atoms with Crippen LogP contribution in [0.3, 0.4) is 0 Å². The van der Waals surface area contributed by atoms with E-state index in [4.69, 9.17) is 0 Å². The average Bonchev–Trinajstić information content (AvgIpc) is 3.10. The summed E-state index contributed by atoms with van der Waals surface area (Å²) in [5.41, 5.74) is 1.22. The summed E-state index contributed by atoms with van der Waals surface area (Å²) in [5.74, 6) is -0.116. The van der Waals surface area contributed by atoms with Crippen LogP contribution >= 0.6 is 11.3 Å². The van der Waals surface area contributed by atoms with Gasteiger partial charge in [0.15, 0.2) is 5.01 Å². The Morgan fingerprint density at radius 1 is 1.04 bits per heavy atom. The van der Waals surface area contributed by atoms with Crippen molar-refractivity contribution in [3.8, 4) is 16.5 Å². The molecule has 0 aliphatic carbocycles. The second kappa shape index (κ2) is 6.29. The number of hydrogen-bond acceptors (Lipinski definition) is 6. The average molecular weight is 348 g/mol. The van der Waals surface area contributed by atoms with Gasteiger partial charge in [-0.1, -0.05) is 29.5 Å². The van der Waals surface area contributed by atoms with Crippen molar-refractivity contribution in [1.82, 2.24) is 15.2 Å². The summed E-state index contributed by atoms with van der Waals surface area (Å²) in [6.45, 7) is 0. The Labute approximate surface area is 146 Å². The third-order valence-corrected chi connectivity index (χ3v) is 4.50. The number of nitrogens with zero attached hydrogens (tertiary/aromatic N) is 3. The first-order valence-corrected chi connectivity index (χ1v) is 8.30. The summed E-state index contributed by atoms with van der Waals surface area (Å²) in [6.07, 6.45) is 1.68. The van der Waals surface area contributed by atoms with E-state index in [0.717, 1.165) is 10.8 Å². The number of aromatic nitrogens is 3. The number of amides is 1. The van der Waals surface area contributed by atoms with Crippen molar-refractivity contribution in [2.75, 3.05) is 5.32 Å². The number of pyridine rings is 1. The second-order valence-electron chi connectivity index (χ2n) is 5.29. The molecule has 2 N–H and O–H groups in total. The van der Waals surface area contributed by atoms with Gasteiger partial charge in [-0.3, -0.25) is 15.1 Å². The van der Waals surface area contributed by atoms with Gasteiger partial charge in [0.2, 0.25) is 5.13 Å². The highest BCUT2D eigenvalue weighted by atomic mass is 32.1. The van der Waals surface area contributed by atoms with Crippen molar-refractivity contribution in [3.05, 3.63) is 66.4 Å². The lowest BCUT2D eigenvalue weighted by Crippen LogP contribution is -2.12. The van der Waals surface area contributed by atoms with Crippen LogP contribution in [0, 0.1) is 0 Å². The molecular weight excluding hydrogens is 336 g/mol. The van der Waals surface area contributed by atoms with Crippen molar-refractivity contribution >= 4 is 33.1 Å². The molecule has 2 aromatic heterocycles. The summed E-state index contributed by atoms with van der Waals surface area (Å²) in [6, 6.07) is 15.8. The van der Waals surface area contributed by atoms with Crippen molar-refractivity contribution in [3.63, 3.8) is 0 Å². The minimum absolute atomic E-state index is 0.161. The first-order chi connectivity index (χ1) is 12.2. The highest BCUT2D eigenvalue weighted by Gasteiger charge is 2.14. The van der Waals surface area contributed by atoms with Crippen molar-refractivity contribution in [2.24, 2.45) is 0 Å². The van der Waals surface area contributed by atoms with E-state index in [1.807, 2.05) is 24.3 Å². The minimum atomic E-state index is -0.278. The molecule has 0 radical (unpaired) electrons. The monoisotopic (exact) mass is 348 g/mol. The molecular formula is C18H12N4O2S. The van der Waals surface area contributed by atoms with E-state index in [1.54, 1.807) is 36.5 Å². The zero-order chi connectivity index (χ0) is 17.2. The number of nitrogens with one attached hydrogen (secondary N) is 1. The molecule has 4 aromatic rings. The van der Waals surface area contributed by atoms with Crippen LogP contribution in [-0.4, -0.2) is 26.2 Å². The standard InChI is InChI=1S/C18H12N4O2S/c23-12-7-8-13-11(10-12)4-3-5-14(13)16(24)20-18-22-21-17(25-18)15-6-1-2-9-19-15/h1-10,23H,(H,20,22,24). The number of rotatable bonds is 3. The Balaban J connectivity index is 1.62. The quantitative estimate of drug-likeness (QED) is 0.589. The lowest BCUT2D eigenvalue weighted by atomic mass is 10.0. The molecule has 0 unspecified atom stereocenters. The van der Waals surface area contributed by atoms with Crippen molar-refractivity contribution < 1.29 is 9.90 Å². The first kappa shape index (κ1) is 15.2. The number of aromatic hydroxyl groups is 1. The third-order valence-electron chi connectivity index (χ3n) is 3.64. The van der Waals surface area contributed by atoms with E-state index in [1.165, 1.54) is 11.3 Å². The number of carbonyl (C=O) groups excluding carboxylic acids is 1. The minimum Gasteiger partial charge on any atom is -0.508 e. The lowest BCUT2D eigenvalue weighted by molar-refractivity contribution is 0.102. The maximum atomic E-state index is 12.6. The number of carbonyl (C=O) groups is 1. The van der Waals surface area contributed by atoms with E-state index >= 15 is 0 Å². The van der Waals surface area contributed by atoms with Gasteiger partial charge in [0, 0.05) is 11.8 Å². The first-order valence-electron chi connectivity index (χ1n) is 7.49. The maximum Gasteiger partial charge on any atom is 0.258 e. The van der Waals surface area contributed by atoms with Gasteiger partial charge in [0.25, 0.3) is 5.91 Å². The highest BCUT2D eigenvalue weighted by molar-refractivity contribution is 7.18. The van der Waals surface area contributed by atoms with Crippen LogP contribution in [0.15, 0.2) is 60.8 Å². The van der Waals surface area contributed by atoms with Crippen LogP contribution in [0.1, 0.15) is 10.4 Å². The normalized spacial score (nSPS) is 10.7. The molecule has 0 saturated heterocycles. The second-order valence-corrected chi connectivity index (χ2v) is 6.27. The Morgan fingerprint density at radius 3 is 2.80 bits per heavy atom. The summed E-state index contributed by atoms with van der Waals surface area (Å²) in [7, 11) is 0. The van der Waals surface area contributed by atoms with E-state index in [9.17, 15) is 9.90 Å². The summed E-state index contributed by atoms with van der Waals surface area (Å²) in [5, 5.41) is 23.0. The maximum absolute atomic E-state index is 12.6. The number of phenols is 1. The fourth-order valence-corrected chi connectivity index (χ4v) is 3.22. The summed E-state index contributed by atoms with van der Waals surface area (Å²) in [4.78, 5) is 16.8. The smallest absolute Gasteiger partial charge is 0.258 e. The van der Waals surface area contributed by atoms with Gasteiger partial charge in [0.1, 0.15) is 11.4 Å². The molecule has 7 heteroatoms. The molecule has 4 rings (SSSR count). The van der Waals surface area contributed by atoms with Crippen LogP contribution in [0.5, 0.6) is 5.75 Å². The molecule has 25 heavy (non-hydrogen) atoms. The molecule has 0 aliphatic rings. The van der Waals surface area contributed by atoms with Crippen LogP contribution in [0.4, 0.5) is 5.13 Å². The molecule has 122 valence electrons. The molecule has 0 saturated carbocycles. The van der Waals surface area contributed by atoms with Gasteiger partial charge in [-0.2, -0.15) is 0 Å². The molecule has 0 fully saturated rings. The van der Waals surface area contributed by atoms with E-state index in [2.05, 4.69) is 20.5 Å². The molecule has 0 spiro atoms. The van der Waals surface area contributed by atoms with Gasteiger partial charge in [-0.25, -0.2) is 0 Å². The third kappa shape index (κ3) is 3.05. The summed E-state index contributed by atoms with van der Waals surface area (Å²) < 4.78 is 0. The Morgan fingerprint density at radius 2 is 1.96 bits per heavy atom. The molecule has 0 aliphatic heterocycles. The molecule has 6 nitrogen and oxygen atoms in total. The number of hydrogen-bond donors (Lipinski definition) is 2. The predicted molar refractivity (Wildman–Crippen MR) is 96.7 cm³/mol. The highest BCUT2D eigenvalue weighted by Crippen LogP contribution is 2.27. The van der Waals surface area contributed by atoms with Gasteiger partial charge in [-0.15, -0.1) is 10.2 Å². The zero-order valence-electron chi connectivity index (χ0n) is 12.9. The molecule has 0 atom stereocenters. The van der Waals surface area contributed by atoms with Crippen molar-refractivity contribution in [1.29, 1.82) is 0 Å². The van der Waals surface area contributed by atoms with Crippen LogP contribution in [0.25, 0.3) is 21.5 Å². The van der Waals surface area contributed by atoms with E-state index in [-0.39, 0.29) is 11.7 Å². The topological polar surface area (TPSA) is 88.0 Å². The number of phenolic OH excluding ortho intramolecular Hbond substituents is 1. The number of fused-ring (bicyclic) bond motifs is 1. The SMILES string of the molecule is O=C(Nc1nnc(-c2ccccn2)s1)c1cccc2cc(O)ccc12. The molecule has 0 bridgehead atoms. The molecule has 2 aromatic carbocycles. The van der Waals surface area contributed by atoms with Gasteiger partial charge < -0.3 is 5.11 Å². The number of anilines is 1. The van der Waals surface area contributed by atoms with E-state index < -0.39 is 0 Å². The largest absolute Gasteiger partial charge is 0.508 e. The Hall–Kier alpha value is -3.32. The Kier molecular flexibility index (Phi) is 3.83. The predicted octanol–water partition coefficient (Wildman–Crippen LogP) is 3.71. The van der Waals surface area contributed by atoms with Crippen LogP contribution in [-0.2, 0) is 0 Å². The van der Waals surface area contributed by atoms with Gasteiger partial charge in [0.05, 0.1) is 0 Å². The van der Waals surface area contributed by atoms with Crippen molar-refractivity contribution in [2.45, 2.75) is 0 Å².